The summed E-state index contributed by atoms with van der Waals surface area (Å²) >= 11 is 12.0. The zero-order valence-electron chi connectivity index (χ0n) is 14.3. The van der Waals surface area contributed by atoms with Gasteiger partial charge < -0.3 is 10.2 Å². The lowest BCUT2D eigenvalue weighted by Crippen LogP contribution is -2.49. The summed E-state index contributed by atoms with van der Waals surface area (Å²) in [7, 11) is 0. The Labute approximate surface area is 163 Å². The molecule has 1 heterocycles. The molecule has 136 valence electrons. The lowest BCUT2D eigenvalue weighted by Gasteiger charge is -2.24. The predicted molar refractivity (Wildman–Crippen MR) is 104 cm³/mol. The highest BCUT2D eigenvalue weighted by atomic mass is 35.5. The molecule has 2 amide bonds. The van der Waals surface area contributed by atoms with E-state index in [0.29, 0.717) is 17.0 Å². The van der Waals surface area contributed by atoms with Gasteiger partial charge in [-0.15, -0.1) is 0 Å². The van der Waals surface area contributed by atoms with Crippen LogP contribution in [0.4, 0.5) is 0 Å². The normalized spacial score (nSPS) is 14.9. The summed E-state index contributed by atoms with van der Waals surface area (Å²) in [6.45, 7) is 1.48. The van der Waals surface area contributed by atoms with Gasteiger partial charge in [-0.05, 0) is 36.6 Å². The fourth-order valence-electron chi connectivity index (χ4n) is 3.12. The van der Waals surface area contributed by atoms with Crippen molar-refractivity contribution in [2.75, 3.05) is 13.1 Å². The van der Waals surface area contributed by atoms with Crippen LogP contribution >= 0.6 is 23.2 Å². The van der Waals surface area contributed by atoms with Crippen molar-refractivity contribution in [2.45, 2.75) is 25.3 Å². The second kappa shape index (κ2) is 8.56. The van der Waals surface area contributed by atoms with E-state index in [0.717, 1.165) is 31.5 Å². The van der Waals surface area contributed by atoms with Gasteiger partial charge >= 0.3 is 0 Å². The lowest BCUT2D eigenvalue weighted by atomic mass is 10.0. The number of likely N-dealkylation sites (tertiary alicyclic amines) is 1. The van der Waals surface area contributed by atoms with Crippen molar-refractivity contribution in [1.29, 1.82) is 0 Å². The van der Waals surface area contributed by atoms with Crippen molar-refractivity contribution in [2.24, 2.45) is 0 Å². The van der Waals surface area contributed by atoms with E-state index in [2.05, 4.69) is 5.32 Å². The minimum atomic E-state index is -0.630. The fraction of sp³-hybridized carbons (Fsp3) is 0.300. The van der Waals surface area contributed by atoms with Gasteiger partial charge in [0.1, 0.15) is 6.04 Å². The Morgan fingerprint density at radius 2 is 1.73 bits per heavy atom. The first-order valence-electron chi connectivity index (χ1n) is 8.63. The van der Waals surface area contributed by atoms with Gasteiger partial charge in [-0.2, -0.15) is 0 Å². The minimum absolute atomic E-state index is 0.0511. The molecular weight excluding hydrogens is 371 g/mol. The molecule has 1 atom stereocenters. The third kappa shape index (κ3) is 4.57. The van der Waals surface area contributed by atoms with Crippen LogP contribution in [0.1, 0.15) is 28.8 Å². The van der Waals surface area contributed by atoms with Gasteiger partial charge in [-0.1, -0.05) is 53.5 Å². The van der Waals surface area contributed by atoms with Crippen molar-refractivity contribution >= 4 is 35.0 Å². The highest BCUT2D eigenvalue weighted by Gasteiger charge is 2.28. The Morgan fingerprint density at radius 3 is 2.38 bits per heavy atom. The first-order valence-corrected chi connectivity index (χ1v) is 9.39. The predicted octanol–water partition coefficient (Wildman–Crippen LogP) is 3.96. The molecule has 0 aromatic heterocycles. The quantitative estimate of drug-likeness (QED) is 0.839. The fourth-order valence-corrected chi connectivity index (χ4v) is 3.61. The molecule has 0 saturated carbocycles. The molecule has 1 unspecified atom stereocenters. The van der Waals surface area contributed by atoms with Crippen molar-refractivity contribution in [1.82, 2.24) is 10.2 Å². The molecule has 0 bridgehead atoms. The molecule has 3 rings (SSSR count). The van der Waals surface area contributed by atoms with Gasteiger partial charge in [-0.3, -0.25) is 9.59 Å². The average molecular weight is 391 g/mol. The van der Waals surface area contributed by atoms with Crippen LogP contribution in [0.15, 0.2) is 48.5 Å². The second-order valence-corrected chi connectivity index (χ2v) is 7.22. The highest BCUT2D eigenvalue weighted by molar-refractivity contribution is 6.36. The number of hydrogen-bond donors (Lipinski definition) is 1. The van der Waals surface area contributed by atoms with E-state index < -0.39 is 6.04 Å². The molecule has 0 spiro atoms. The van der Waals surface area contributed by atoms with Crippen LogP contribution in [-0.2, 0) is 11.2 Å². The first kappa shape index (κ1) is 18.7. The van der Waals surface area contributed by atoms with Crippen molar-refractivity contribution < 1.29 is 9.59 Å². The zero-order chi connectivity index (χ0) is 18.5. The van der Waals surface area contributed by atoms with E-state index >= 15 is 0 Å². The highest BCUT2D eigenvalue weighted by Crippen LogP contribution is 2.21. The Kier molecular flexibility index (Phi) is 6.17. The summed E-state index contributed by atoms with van der Waals surface area (Å²) in [5, 5.41) is 3.59. The Bertz CT molecular complexity index is 790. The molecule has 2 aromatic rings. The van der Waals surface area contributed by atoms with E-state index in [9.17, 15) is 9.59 Å². The maximum atomic E-state index is 12.9. The molecule has 1 N–H and O–H groups in total. The van der Waals surface area contributed by atoms with E-state index in [1.165, 1.54) is 6.07 Å². The molecule has 0 radical (unpaired) electrons. The van der Waals surface area contributed by atoms with Crippen LogP contribution in [0, 0.1) is 0 Å². The third-order valence-electron chi connectivity index (χ3n) is 4.48. The van der Waals surface area contributed by atoms with Gasteiger partial charge in [0.05, 0.1) is 10.6 Å². The van der Waals surface area contributed by atoms with Crippen LogP contribution in [0.25, 0.3) is 0 Å². The van der Waals surface area contributed by atoms with E-state index in [1.807, 2.05) is 35.2 Å². The van der Waals surface area contributed by atoms with Gasteiger partial charge in [0.15, 0.2) is 0 Å². The number of halogens is 2. The molecule has 6 heteroatoms. The molecular formula is C20H20Cl2N2O2. The van der Waals surface area contributed by atoms with Crippen LogP contribution in [0.5, 0.6) is 0 Å². The van der Waals surface area contributed by atoms with Crippen LogP contribution < -0.4 is 5.32 Å². The smallest absolute Gasteiger partial charge is 0.253 e. The maximum Gasteiger partial charge on any atom is 0.253 e. The van der Waals surface area contributed by atoms with Gasteiger partial charge in [0, 0.05) is 24.5 Å². The summed E-state index contributed by atoms with van der Waals surface area (Å²) in [5.74, 6) is -0.426. The van der Waals surface area contributed by atoms with Crippen molar-refractivity contribution in [3.05, 3.63) is 69.7 Å². The summed E-state index contributed by atoms with van der Waals surface area (Å²) in [6.07, 6.45) is 2.44. The number of hydrogen-bond acceptors (Lipinski definition) is 2. The summed E-state index contributed by atoms with van der Waals surface area (Å²) in [5.41, 5.74) is 1.30. The van der Waals surface area contributed by atoms with Crippen LogP contribution in [-0.4, -0.2) is 35.8 Å². The van der Waals surface area contributed by atoms with E-state index in [1.54, 1.807) is 12.1 Å². The molecule has 1 aliphatic heterocycles. The zero-order valence-corrected chi connectivity index (χ0v) is 15.8. The largest absolute Gasteiger partial charge is 0.341 e. The SMILES string of the molecule is O=C(NC(Cc1ccccc1)C(=O)N1CCCC1)c1ccc(Cl)cc1Cl. The van der Waals surface area contributed by atoms with Crippen LogP contribution in [0.3, 0.4) is 0 Å². The monoisotopic (exact) mass is 390 g/mol. The summed E-state index contributed by atoms with van der Waals surface area (Å²) in [6, 6.07) is 13.7. The van der Waals surface area contributed by atoms with Gasteiger partial charge in [0.25, 0.3) is 5.91 Å². The standard InChI is InChI=1S/C20H20Cl2N2O2/c21-15-8-9-16(17(22)13-15)19(25)23-18(12-14-6-2-1-3-7-14)20(26)24-10-4-5-11-24/h1-3,6-9,13,18H,4-5,10-12H2,(H,23,25). The van der Waals surface area contributed by atoms with Crippen LogP contribution in [0.2, 0.25) is 10.0 Å². The van der Waals surface area contributed by atoms with E-state index in [-0.39, 0.29) is 16.8 Å². The van der Waals surface area contributed by atoms with E-state index in [4.69, 9.17) is 23.2 Å². The lowest BCUT2D eigenvalue weighted by molar-refractivity contribution is -0.132. The Morgan fingerprint density at radius 1 is 1.04 bits per heavy atom. The number of rotatable bonds is 5. The minimum Gasteiger partial charge on any atom is -0.341 e. The number of benzene rings is 2. The van der Waals surface area contributed by atoms with Gasteiger partial charge in [-0.25, -0.2) is 0 Å². The number of amides is 2. The Balaban J connectivity index is 1.80. The number of nitrogens with zero attached hydrogens (tertiary/aromatic N) is 1. The van der Waals surface area contributed by atoms with Crippen molar-refractivity contribution in [3.63, 3.8) is 0 Å². The third-order valence-corrected chi connectivity index (χ3v) is 5.03. The molecule has 1 saturated heterocycles. The first-order chi connectivity index (χ1) is 12.5. The molecule has 2 aromatic carbocycles. The van der Waals surface area contributed by atoms with Gasteiger partial charge in [0.2, 0.25) is 5.91 Å². The number of carbonyl (C=O) groups excluding carboxylic acids is 2. The number of carbonyl (C=O) groups is 2. The number of nitrogens with one attached hydrogen (secondary N) is 1. The molecule has 0 aliphatic carbocycles. The average Bonchev–Trinajstić information content (AvgIpc) is 3.16. The second-order valence-electron chi connectivity index (χ2n) is 6.37. The molecule has 1 fully saturated rings. The maximum absolute atomic E-state index is 12.9. The van der Waals surface area contributed by atoms with Crippen molar-refractivity contribution in [3.8, 4) is 0 Å². The molecule has 26 heavy (non-hydrogen) atoms. The Hall–Kier alpha value is -2.04. The summed E-state index contributed by atoms with van der Waals surface area (Å²) in [4.78, 5) is 27.4. The summed E-state index contributed by atoms with van der Waals surface area (Å²) < 4.78 is 0. The molecule has 1 aliphatic rings. The topological polar surface area (TPSA) is 49.4 Å². The molecule has 4 nitrogen and oxygen atoms in total.